The number of carbonyl (C=O) groups excluding carboxylic acids is 1. The van der Waals surface area contributed by atoms with Crippen molar-refractivity contribution in [3.63, 3.8) is 0 Å². The third-order valence-corrected chi connectivity index (χ3v) is 4.76. The van der Waals surface area contributed by atoms with E-state index in [2.05, 4.69) is 0 Å². The van der Waals surface area contributed by atoms with Gasteiger partial charge in [-0.1, -0.05) is 13.8 Å². The van der Waals surface area contributed by atoms with E-state index in [1.807, 2.05) is 13.8 Å². The number of unbranched alkanes of at least 4 members (excludes halogenated alkanes) is 1. The summed E-state index contributed by atoms with van der Waals surface area (Å²) in [7, 11) is -2.93. The maximum absolute atomic E-state index is 11.4. The van der Waals surface area contributed by atoms with E-state index in [-0.39, 0.29) is 22.7 Å². The fourth-order valence-electron chi connectivity index (χ4n) is 1.13. The monoisotopic (exact) mass is 234 g/mol. The molecule has 3 nitrogen and oxygen atoms in total. The number of ketones is 1. The van der Waals surface area contributed by atoms with Gasteiger partial charge in [-0.05, 0) is 26.7 Å². The molecule has 0 aromatic rings. The largest absolute Gasteiger partial charge is 0.299 e. The SMILES string of the molecule is CC(C)C(=O)CCCCS(=O)(=O)C(C)C. The Hall–Kier alpha value is -0.380. The molecule has 0 radical (unpaired) electrons. The molecule has 0 heterocycles. The zero-order valence-corrected chi connectivity index (χ0v) is 10.9. The normalized spacial score (nSPS) is 12.4. The van der Waals surface area contributed by atoms with Crippen molar-refractivity contribution in [2.75, 3.05) is 5.75 Å². The molecule has 0 atom stereocenters. The molecule has 15 heavy (non-hydrogen) atoms. The quantitative estimate of drug-likeness (QED) is 0.635. The third-order valence-electron chi connectivity index (χ3n) is 2.46. The van der Waals surface area contributed by atoms with Crippen LogP contribution in [-0.2, 0) is 14.6 Å². The average molecular weight is 234 g/mol. The summed E-state index contributed by atoms with van der Waals surface area (Å²) in [5, 5.41) is -0.307. The van der Waals surface area contributed by atoms with Gasteiger partial charge in [0.1, 0.15) is 5.78 Å². The van der Waals surface area contributed by atoms with E-state index in [1.54, 1.807) is 13.8 Å². The van der Waals surface area contributed by atoms with Gasteiger partial charge in [0.15, 0.2) is 9.84 Å². The Balaban J connectivity index is 3.78. The zero-order valence-electron chi connectivity index (χ0n) is 10.1. The van der Waals surface area contributed by atoms with Crippen molar-refractivity contribution in [2.45, 2.75) is 52.2 Å². The van der Waals surface area contributed by atoms with Crippen LogP contribution in [0.2, 0.25) is 0 Å². The van der Waals surface area contributed by atoms with Gasteiger partial charge in [0.25, 0.3) is 0 Å². The van der Waals surface area contributed by atoms with Gasteiger partial charge in [-0.3, -0.25) is 4.79 Å². The first-order valence-electron chi connectivity index (χ1n) is 5.51. The molecule has 0 aromatic heterocycles. The minimum atomic E-state index is -2.93. The predicted molar refractivity (Wildman–Crippen MR) is 62.6 cm³/mol. The smallest absolute Gasteiger partial charge is 0.152 e. The minimum absolute atomic E-state index is 0.0618. The molecule has 0 spiro atoms. The highest BCUT2D eigenvalue weighted by Crippen LogP contribution is 2.08. The lowest BCUT2D eigenvalue weighted by atomic mass is 10.0. The van der Waals surface area contributed by atoms with Crippen LogP contribution < -0.4 is 0 Å². The summed E-state index contributed by atoms with van der Waals surface area (Å²) >= 11 is 0. The van der Waals surface area contributed by atoms with E-state index < -0.39 is 9.84 Å². The van der Waals surface area contributed by atoms with Crippen molar-refractivity contribution in [3.05, 3.63) is 0 Å². The van der Waals surface area contributed by atoms with Crippen molar-refractivity contribution < 1.29 is 13.2 Å². The Morgan fingerprint density at radius 1 is 1.07 bits per heavy atom. The van der Waals surface area contributed by atoms with Crippen LogP contribution in [0.1, 0.15) is 47.0 Å². The van der Waals surface area contributed by atoms with Gasteiger partial charge in [-0.25, -0.2) is 8.42 Å². The molecular weight excluding hydrogens is 212 g/mol. The van der Waals surface area contributed by atoms with Crippen molar-refractivity contribution in [2.24, 2.45) is 5.92 Å². The number of rotatable bonds is 7. The van der Waals surface area contributed by atoms with Crippen molar-refractivity contribution >= 4 is 15.6 Å². The van der Waals surface area contributed by atoms with Crippen LogP contribution in [0.4, 0.5) is 0 Å². The highest BCUT2D eigenvalue weighted by Gasteiger charge is 2.15. The van der Waals surface area contributed by atoms with Gasteiger partial charge in [0, 0.05) is 12.3 Å². The summed E-state index contributed by atoms with van der Waals surface area (Å²) < 4.78 is 22.8. The lowest BCUT2D eigenvalue weighted by molar-refractivity contribution is -0.121. The summed E-state index contributed by atoms with van der Waals surface area (Å²) in [5.41, 5.74) is 0. The van der Waals surface area contributed by atoms with Crippen LogP contribution in [0, 0.1) is 5.92 Å². The van der Waals surface area contributed by atoms with E-state index in [0.29, 0.717) is 19.3 Å². The molecule has 0 N–H and O–H groups in total. The Morgan fingerprint density at radius 3 is 2.00 bits per heavy atom. The number of carbonyl (C=O) groups is 1. The highest BCUT2D eigenvalue weighted by molar-refractivity contribution is 7.91. The van der Waals surface area contributed by atoms with Gasteiger partial charge in [0.2, 0.25) is 0 Å². The summed E-state index contributed by atoms with van der Waals surface area (Å²) in [6.45, 7) is 7.11. The fourth-order valence-corrected chi connectivity index (χ4v) is 2.20. The molecule has 0 fully saturated rings. The van der Waals surface area contributed by atoms with Crippen LogP contribution in [0.5, 0.6) is 0 Å². The van der Waals surface area contributed by atoms with Gasteiger partial charge in [-0.2, -0.15) is 0 Å². The van der Waals surface area contributed by atoms with Gasteiger partial charge in [0.05, 0.1) is 11.0 Å². The molecule has 0 aliphatic rings. The van der Waals surface area contributed by atoms with E-state index in [0.717, 1.165) is 0 Å². The minimum Gasteiger partial charge on any atom is -0.299 e. The zero-order chi connectivity index (χ0) is 12.1. The van der Waals surface area contributed by atoms with Crippen LogP contribution in [0.25, 0.3) is 0 Å². The van der Waals surface area contributed by atoms with E-state index in [1.165, 1.54) is 0 Å². The molecule has 0 aromatic carbocycles. The fraction of sp³-hybridized carbons (Fsp3) is 0.909. The van der Waals surface area contributed by atoms with Crippen LogP contribution in [0.3, 0.4) is 0 Å². The maximum atomic E-state index is 11.4. The van der Waals surface area contributed by atoms with Gasteiger partial charge < -0.3 is 0 Å². The molecule has 90 valence electrons. The second kappa shape index (κ2) is 6.26. The van der Waals surface area contributed by atoms with Gasteiger partial charge in [-0.15, -0.1) is 0 Å². The summed E-state index contributed by atoms with van der Waals surface area (Å²) in [5.74, 6) is 0.486. The molecule has 0 saturated carbocycles. The number of hydrogen-bond acceptors (Lipinski definition) is 3. The number of Topliss-reactive ketones (excluding diaryl/α,β-unsaturated/α-hetero) is 1. The maximum Gasteiger partial charge on any atom is 0.152 e. The standard InChI is InChI=1S/C11H22O3S/c1-9(2)11(12)7-5-6-8-15(13,14)10(3)4/h9-10H,5-8H2,1-4H3. The molecule has 0 aliphatic carbocycles. The van der Waals surface area contributed by atoms with Crippen LogP contribution in [-0.4, -0.2) is 25.2 Å². The first-order valence-corrected chi connectivity index (χ1v) is 7.23. The first kappa shape index (κ1) is 14.6. The molecule has 0 saturated heterocycles. The van der Waals surface area contributed by atoms with Crippen LogP contribution >= 0.6 is 0 Å². The molecule has 0 rings (SSSR count). The second-order valence-corrected chi connectivity index (χ2v) is 7.17. The molecular formula is C11H22O3S. The molecule has 0 bridgehead atoms. The Morgan fingerprint density at radius 2 is 1.60 bits per heavy atom. The average Bonchev–Trinajstić information content (AvgIpc) is 2.11. The molecule has 0 amide bonds. The van der Waals surface area contributed by atoms with E-state index in [9.17, 15) is 13.2 Å². The topological polar surface area (TPSA) is 51.2 Å². The third kappa shape index (κ3) is 5.92. The Kier molecular flexibility index (Phi) is 6.10. The summed E-state index contributed by atoms with van der Waals surface area (Å²) in [6, 6.07) is 0. The number of sulfone groups is 1. The summed E-state index contributed by atoms with van der Waals surface area (Å²) in [4.78, 5) is 11.3. The Labute approximate surface area is 93.2 Å². The molecule has 4 heteroatoms. The number of hydrogen-bond donors (Lipinski definition) is 0. The first-order chi connectivity index (χ1) is 6.77. The lowest BCUT2D eigenvalue weighted by Crippen LogP contribution is -2.18. The molecule has 0 aliphatic heterocycles. The molecule has 0 unspecified atom stereocenters. The second-order valence-electron chi connectivity index (χ2n) is 4.49. The van der Waals surface area contributed by atoms with E-state index in [4.69, 9.17) is 0 Å². The van der Waals surface area contributed by atoms with Crippen molar-refractivity contribution in [3.8, 4) is 0 Å². The van der Waals surface area contributed by atoms with Gasteiger partial charge >= 0.3 is 0 Å². The van der Waals surface area contributed by atoms with Crippen LogP contribution in [0.15, 0.2) is 0 Å². The summed E-state index contributed by atoms with van der Waals surface area (Å²) in [6.07, 6.45) is 1.78. The predicted octanol–water partition coefficient (Wildman–Crippen LogP) is 2.21. The lowest BCUT2D eigenvalue weighted by Gasteiger charge is -2.07. The highest BCUT2D eigenvalue weighted by atomic mass is 32.2. The Bertz CT molecular complexity index is 289. The van der Waals surface area contributed by atoms with Crippen molar-refractivity contribution in [1.82, 2.24) is 0 Å². The van der Waals surface area contributed by atoms with E-state index >= 15 is 0 Å². The van der Waals surface area contributed by atoms with Crippen molar-refractivity contribution in [1.29, 1.82) is 0 Å².